The third-order valence-corrected chi connectivity index (χ3v) is 7.21. The number of anilines is 1. The van der Waals surface area contributed by atoms with E-state index >= 15 is 0 Å². The molecule has 0 radical (unpaired) electrons. The summed E-state index contributed by atoms with van der Waals surface area (Å²) in [5.74, 6) is 2.46. The molecule has 26 heavy (non-hydrogen) atoms. The van der Waals surface area contributed by atoms with Crippen LogP contribution in [0.15, 0.2) is 23.3 Å². The Balaban J connectivity index is 1.32. The molecule has 0 atom stereocenters. The van der Waals surface area contributed by atoms with Crippen LogP contribution in [0.25, 0.3) is 0 Å². The molecule has 1 N–H and O–H groups in total. The van der Waals surface area contributed by atoms with Gasteiger partial charge in [0.2, 0.25) is 0 Å². The Labute approximate surface area is 163 Å². The lowest BCUT2D eigenvalue weighted by molar-refractivity contribution is -0.120. The molecule has 4 bridgehead atoms. The van der Waals surface area contributed by atoms with Gasteiger partial charge < -0.3 is 5.32 Å². The van der Waals surface area contributed by atoms with Gasteiger partial charge >= 0.3 is 0 Å². The Hall–Kier alpha value is -1.26. The molecule has 6 heteroatoms. The number of benzene rings is 1. The van der Waals surface area contributed by atoms with Crippen LogP contribution in [0.3, 0.4) is 0 Å². The maximum Gasteiger partial charge on any atom is 0.267 e. The number of nitrogens with one attached hydrogen (secondary N) is 1. The number of carbonyl (C=O) groups is 1. The minimum atomic E-state index is 0.0135. The normalized spacial score (nSPS) is 34.9. The van der Waals surface area contributed by atoms with E-state index in [0.717, 1.165) is 42.7 Å². The van der Waals surface area contributed by atoms with Gasteiger partial charge in [-0.25, -0.2) is 0 Å². The van der Waals surface area contributed by atoms with Crippen molar-refractivity contribution in [2.75, 3.05) is 11.6 Å². The quantitative estimate of drug-likeness (QED) is 0.814. The van der Waals surface area contributed by atoms with Gasteiger partial charge in [-0.3, -0.25) is 9.80 Å². The fraction of sp³-hybridized carbons (Fsp3) is 0.600. The van der Waals surface area contributed by atoms with Crippen LogP contribution in [0.2, 0.25) is 10.0 Å². The molecule has 0 aromatic heterocycles. The zero-order valence-corrected chi connectivity index (χ0v) is 16.2. The van der Waals surface area contributed by atoms with Gasteiger partial charge in [-0.05, 0) is 74.5 Å². The Morgan fingerprint density at radius 2 is 1.77 bits per heavy atom. The second-order valence-electron chi connectivity index (χ2n) is 8.67. The summed E-state index contributed by atoms with van der Waals surface area (Å²) in [7, 11) is 0. The summed E-state index contributed by atoms with van der Waals surface area (Å²) in [6.07, 6.45) is 8.24. The molecule has 0 unspecified atom stereocenters. The molecule has 0 saturated heterocycles. The van der Waals surface area contributed by atoms with E-state index in [1.165, 1.54) is 19.3 Å². The first kappa shape index (κ1) is 16.9. The summed E-state index contributed by atoms with van der Waals surface area (Å²) in [5.41, 5.74) is 1.44. The van der Waals surface area contributed by atoms with Crippen LogP contribution in [0.5, 0.6) is 0 Å². The molecule has 6 rings (SSSR count). The maximum absolute atomic E-state index is 12.9. The number of rotatable bonds is 3. The van der Waals surface area contributed by atoms with E-state index in [9.17, 15) is 4.79 Å². The summed E-state index contributed by atoms with van der Waals surface area (Å²) in [6, 6.07) is 5.36. The number of carbonyl (C=O) groups excluding carboxylic acids is 1. The molecule has 4 saturated carbocycles. The van der Waals surface area contributed by atoms with Crippen molar-refractivity contribution in [1.29, 1.82) is 0 Å². The second kappa shape index (κ2) is 6.13. The predicted octanol–water partition coefficient (Wildman–Crippen LogP) is 4.64. The molecule has 138 valence electrons. The largest absolute Gasteiger partial charge is 0.345 e. The summed E-state index contributed by atoms with van der Waals surface area (Å²) in [5, 5.41) is 10.9. The fourth-order valence-electron chi connectivity index (χ4n) is 6.06. The number of amides is 1. The van der Waals surface area contributed by atoms with Gasteiger partial charge in [0.05, 0.1) is 10.7 Å². The lowest BCUT2D eigenvalue weighted by atomic mass is 9.53. The standard InChI is InChI=1S/C20H23Cl2N3O/c21-15-1-2-18(16(22)8-15)25-4-3-17(24-25)19(26)23-20-9-12-5-13(10-20)7-14(6-12)11-20/h1-2,8,12-14H,3-7,9-11H2,(H,23,26). The first-order chi connectivity index (χ1) is 12.5. The molecular weight excluding hydrogens is 369 g/mol. The van der Waals surface area contributed by atoms with Gasteiger partial charge in [0.15, 0.2) is 0 Å². The second-order valence-corrected chi connectivity index (χ2v) is 9.51. The van der Waals surface area contributed by atoms with Crippen molar-refractivity contribution >= 4 is 40.5 Å². The van der Waals surface area contributed by atoms with E-state index in [-0.39, 0.29) is 11.4 Å². The lowest BCUT2D eigenvalue weighted by Crippen LogP contribution is -2.60. The fourth-order valence-corrected chi connectivity index (χ4v) is 6.56. The predicted molar refractivity (Wildman–Crippen MR) is 105 cm³/mol. The SMILES string of the molecule is O=C(NC12CC3CC(CC(C3)C1)C2)C1=NN(c2ccc(Cl)cc2Cl)CC1. The Kier molecular flexibility index (Phi) is 3.98. The van der Waals surface area contributed by atoms with E-state index in [0.29, 0.717) is 28.7 Å². The number of hydrogen-bond acceptors (Lipinski definition) is 3. The van der Waals surface area contributed by atoms with Gasteiger partial charge in [-0.2, -0.15) is 5.10 Å². The zero-order chi connectivity index (χ0) is 17.9. The molecular formula is C20H23Cl2N3O. The molecule has 0 spiro atoms. The molecule has 5 aliphatic rings. The van der Waals surface area contributed by atoms with Gasteiger partial charge in [-0.15, -0.1) is 0 Å². The summed E-state index contributed by atoms with van der Waals surface area (Å²) < 4.78 is 0. The Bertz CT molecular complexity index is 756. The van der Waals surface area contributed by atoms with Crippen LogP contribution in [0, 0.1) is 17.8 Å². The summed E-state index contributed by atoms with van der Waals surface area (Å²) in [6.45, 7) is 0.672. The average molecular weight is 392 g/mol. The Morgan fingerprint density at radius 3 is 2.38 bits per heavy atom. The molecule has 1 heterocycles. The highest BCUT2D eigenvalue weighted by Crippen LogP contribution is 2.55. The van der Waals surface area contributed by atoms with E-state index in [2.05, 4.69) is 10.4 Å². The number of hydrazone groups is 1. The summed E-state index contributed by atoms with van der Waals surface area (Å²) >= 11 is 12.3. The van der Waals surface area contributed by atoms with Crippen LogP contribution in [-0.2, 0) is 4.79 Å². The zero-order valence-electron chi connectivity index (χ0n) is 14.7. The minimum Gasteiger partial charge on any atom is -0.345 e. The number of hydrogen-bond donors (Lipinski definition) is 1. The van der Waals surface area contributed by atoms with E-state index in [1.807, 2.05) is 11.1 Å². The van der Waals surface area contributed by atoms with Crippen LogP contribution in [0.1, 0.15) is 44.9 Å². The van der Waals surface area contributed by atoms with Crippen molar-refractivity contribution in [2.45, 2.75) is 50.5 Å². The van der Waals surface area contributed by atoms with E-state index in [4.69, 9.17) is 23.2 Å². The molecule has 4 fully saturated rings. The van der Waals surface area contributed by atoms with Crippen LogP contribution in [0.4, 0.5) is 5.69 Å². The highest BCUT2D eigenvalue weighted by atomic mass is 35.5. The van der Waals surface area contributed by atoms with Crippen molar-refractivity contribution < 1.29 is 4.79 Å². The van der Waals surface area contributed by atoms with Crippen LogP contribution >= 0.6 is 23.2 Å². The van der Waals surface area contributed by atoms with Gasteiger partial charge in [-0.1, -0.05) is 23.2 Å². The van der Waals surface area contributed by atoms with Crippen molar-refractivity contribution in [2.24, 2.45) is 22.9 Å². The molecule has 4 aliphatic carbocycles. The smallest absolute Gasteiger partial charge is 0.267 e. The maximum atomic E-state index is 12.9. The molecule has 1 aliphatic heterocycles. The highest BCUT2D eigenvalue weighted by Gasteiger charge is 2.51. The minimum absolute atomic E-state index is 0.0135. The monoisotopic (exact) mass is 391 g/mol. The van der Waals surface area contributed by atoms with Crippen molar-refractivity contribution in [3.63, 3.8) is 0 Å². The van der Waals surface area contributed by atoms with Crippen LogP contribution < -0.4 is 10.3 Å². The number of nitrogens with zero attached hydrogens (tertiary/aromatic N) is 2. The third kappa shape index (κ3) is 2.91. The number of halogens is 2. The molecule has 4 nitrogen and oxygen atoms in total. The highest BCUT2D eigenvalue weighted by molar-refractivity contribution is 6.40. The first-order valence-corrected chi connectivity index (χ1v) is 10.4. The topological polar surface area (TPSA) is 44.7 Å². The van der Waals surface area contributed by atoms with Crippen molar-refractivity contribution in [1.82, 2.24) is 5.32 Å². The molecule has 1 amide bonds. The average Bonchev–Trinajstić information content (AvgIpc) is 3.03. The van der Waals surface area contributed by atoms with Gasteiger partial charge in [0.1, 0.15) is 5.71 Å². The van der Waals surface area contributed by atoms with Gasteiger partial charge in [0, 0.05) is 23.5 Å². The third-order valence-electron chi connectivity index (χ3n) is 6.67. The van der Waals surface area contributed by atoms with E-state index in [1.54, 1.807) is 12.1 Å². The molecule has 1 aromatic carbocycles. The van der Waals surface area contributed by atoms with Crippen LogP contribution in [-0.4, -0.2) is 23.7 Å². The Morgan fingerprint density at radius 1 is 1.12 bits per heavy atom. The van der Waals surface area contributed by atoms with Crippen molar-refractivity contribution in [3.8, 4) is 0 Å². The van der Waals surface area contributed by atoms with E-state index < -0.39 is 0 Å². The van der Waals surface area contributed by atoms with Gasteiger partial charge in [0.25, 0.3) is 5.91 Å². The lowest BCUT2D eigenvalue weighted by Gasteiger charge is -2.56. The van der Waals surface area contributed by atoms with Crippen molar-refractivity contribution in [3.05, 3.63) is 28.2 Å². The molecule has 1 aromatic rings. The summed E-state index contributed by atoms with van der Waals surface area (Å²) in [4.78, 5) is 12.9. The first-order valence-electron chi connectivity index (χ1n) is 9.62.